The number of ether oxygens (including phenoxy) is 1. The quantitative estimate of drug-likeness (QED) is 0.730. The molecule has 6 heteroatoms. The second-order valence-electron chi connectivity index (χ2n) is 3.94. The molecule has 0 radical (unpaired) electrons. The molecule has 0 spiro atoms. The van der Waals surface area contributed by atoms with Gasteiger partial charge in [-0.3, -0.25) is 0 Å². The Labute approximate surface area is 94.2 Å². The van der Waals surface area contributed by atoms with Crippen LogP contribution in [0.4, 0.5) is 22.0 Å². The van der Waals surface area contributed by atoms with Crippen molar-refractivity contribution in [2.75, 3.05) is 7.11 Å². The van der Waals surface area contributed by atoms with Crippen LogP contribution in [0.1, 0.15) is 11.5 Å². The fourth-order valence-corrected chi connectivity index (χ4v) is 1.96. The van der Waals surface area contributed by atoms with Crippen molar-refractivity contribution in [3.05, 3.63) is 29.8 Å². The normalized spacial score (nSPS) is 26.7. The molecule has 1 aliphatic rings. The average Bonchev–Trinajstić information content (AvgIpc) is 2.82. The third-order valence-electron chi connectivity index (χ3n) is 2.88. The van der Waals surface area contributed by atoms with Gasteiger partial charge in [0.1, 0.15) is 11.7 Å². The Morgan fingerprint density at radius 3 is 2.00 bits per heavy atom. The van der Waals surface area contributed by atoms with Crippen molar-refractivity contribution in [2.24, 2.45) is 5.92 Å². The minimum absolute atomic E-state index is 0.0156. The number of alkyl halides is 5. The Morgan fingerprint density at radius 2 is 1.65 bits per heavy atom. The summed E-state index contributed by atoms with van der Waals surface area (Å²) in [5, 5.41) is 0. The fourth-order valence-electron chi connectivity index (χ4n) is 1.96. The molecule has 1 aliphatic carbocycles. The smallest absolute Gasteiger partial charge is 0.398 e. The predicted molar refractivity (Wildman–Crippen MR) is 50.2 cm³/mol. The van der Waals surface area contributed by atoms with Gasteiger partial charge in [-0.25, -0.2) is 8.78 Å². The molecule has 2 atom stereocenters. The number of rotatable bonds is 2. The highest BCUT2D eigenvalue weighted by molar-refractivity contribution is 5.37. The summed E-state index contributed by atoms with van der Waals surface area (Å²) in [4.78, 5) is 0. The fraction of sp³-hybridized carbons (Fsp3) is 0.455. The van der Waals surface area contributed by atoms with Gasteiger partial charge in [-0.15, -0.1) is 0 Å². The van der Waals surface area contributed by atoms with E-state index in [1.165, 1.54) is 31.4 Å². The lowest BCUT2D eigenvalue weighted by Gasteiger charge is -2.04. The first kappa shape index (κ1) is 12.1. The van der Waals surface area contributed by atoms with Crippen LogP contribution in [-0.2, 0) is 0 Å². The molecule has 1 fully saturated rings. The van der Waals surface area contributed by atoms with Crippen molar-refractivity contribution in [3.8, 4) is 5.75 Å². The van der Waals surface area contributed by atoms with E-state index in [0.29, 0.717) is 5.75 Å². The molecule has 1 aromatic carbocycles. The minimum atomic E-state index is -4.87. The lowest BCUT2D eigenvalue weighted by molar-refractivity contribution is -0.167. The maximum Gasteiger partial charge on any atom is 0.398 e. The van der Waals surface area contributed by atoms with Crippen LogP contribution in [-0.4, -0.2) is 19.2 Å². The first-order valence-corrected chi connectivity index (χ1v) is 4.87. The molecule has 0 N–H and O–H groups in total. The largest absolute Gasteiger partial charge is 0.497 e. The van der Waals surface area contributed by atoms with E-state index >= 15 is 0 Å². The number of halogens is 5. The zero-order valence-corrected chi connectivity index (χ0v) is 8.76. The van der Waals surface area contributed by atoms with Crippen LogP contribution in [0.15, 0.2) is 24.3 Å². The van der Waals surface area contributed by atoms with Crippen LogP contribution in [0, 0.1) is 5.92 Å². The van der Waals surface area contributed by atoms with E-state index in [9.17, 15) is 22.0 Å². The van der Waals surface area contributed by atoms with Gasteiger partial charge in [0.2, 0.25) is 0 Å². The van der Waals surface area contributed by atoms with Gasteiger partial charge in [0.05, 0.1) is 13.0 Å². The van der Waals surface area contributed by atoms with Crippen molar-refractivity contribution < 1.29 is 26.7 Å². The molecule has 2 rings (SSSR count). The summed E-state index contributed by atoms with van der Waals surface area (Å²) in [6, 6.07) is 5.22. The summed E-state index contributed by atoms with van der Waals surface area (Å²) in [6.07, 6.45) is -4.87. The van der Waals surface area contributed by atoms with Crippen LogP contribution < -0.4 is 4.74 Å². The molecule has 17 heavy (non-hydrogen) atoms. The second kappa shape index (κ2) is 3.58. The SMILES string of the molecule is COc1ccc(C2[C@@H](C(F)(F)F)C2(F)F)cc1. The molecule has 1 unspecified atom stereocenters. The van der Waals surface area contributed by atoms with Crippen LogP contribution in [0.3, 0.4) is 0 Å². The van der Waals surface area contributed by atoms with Crippen molar-refractivity contribution in [3.63, 3.8) is 0 Å². The van der Waals surface area contributed by atoms with Crippen LogP contribution in [0.5, 0.6) is 5.75 Å². The van der Waals surface area contributed by atoms with Gasteiger partial charge in [-0.2, -0.15) is 13.2 Å². The number of hydrogen-bond acceptors (Lipinski definition) is 1. The highest BCUT2D eigenvalue weighted by Crippen LogP contribution is 2.67. The van der Waals surface area contributed by atoms with E-state index in [-0.39, 0.29) is 5.56 Å². The lowest BCUT2D eigenvalue weighted by atomic mass is 10.1. The maximum absolute atomic E-state index is 13.1. The van der Waals surface area contributed by atoms with Crippen molar-refractivity contribution in [1.29, 1.82) is 0 Å². The molecule has 0 amide bonds. The molecule has 1 nitrogen and oxygen atoms in total. The van der Waals surface area contributed by atoms with Crippen molar-refractivity contribution in [2.45, 2.75) is 18.0 Å². The van der Waals surface area contributed by atoms with E-state index in [1.54, 1.807) is 0 Å². The summed E-state index contributed by atoms with van der Waals surface area (Å²) < 4.78 is 67.9. The van der Waals surface area contributed by atoms with E-state index in [2.05, 4.69) is 0 Å². The molecule has 0 heterocycles. The van der Waals surface area contributed by atoms with Gasteiger partial charge in [0.15, 0.2) is 0 Å². The van der Waals surface area contributed by atoms with Crippen LogP contribution in [0.25, 0.3) is 0 Å². The lowest BCUT2D eigenvalue weighted by Crippen LogP contribution is -2.15. The van der Waals surface area contributed by atoms with Gasteiger partial charge in [-0.1, -0.05) is 12.1 Å². The van der Waals surface area contributed by atoms with Crippen molar-refractivity contribution in [1.82, 2.24) is 0 Å². The standard InChI is InChI=1S/C11H9F5O/c1-17-7-4-2-6(3-5-7)8-9(10(8,12)13)11(14,15)16/h2-5,8-9H,1H3/t8?,9-/m1/s1. The zero-order chi connectivity index (χ0) is 12.8. The van der Waals surface area contributed by atoms with E-state index < -0.39 is 23.9 Å². The van der Waals surface area contributed by atoms with Gasteiger partial charge in [0.25, 0.3) is 5.92 Å². The Balaban J connectivity index is 2.24. The van der Waals surface area contributed by atoms with E-state index in [4.69, 9.17) is 4.74 Å². The summed E-state index contributed by atoms with van der Waals surface area (Å²) in [6.45, 7) is 0. The Morgan fingerprint density at radius 1 is 1.12 bits per heavy atom. The van der Waals surface area contributed by atoms with E-state index in [1.807, 2.05) is 0 Å². The highest BCUT2D eigenvalue weighted by Gasteiger charge is 2.78. The minimum Gasteiger partial charge on any atom is -0.497 e. The molecule has 0 bridgehead atoms. The second-order valence-corrected chi connectivity index (χ2v) is 3.94. The predicted octanol–water partition coefficient (Wildman–Crippen LogP) is 3.61. The number of methoxy groups -OCH3 is 1. The first-order valence-electron chi connectivity index (χ1n) is 4.87. The molecular weight excluding hydrogens is 243 g/mol. The molecular formula is C11H9F5O. The van der Waals surface area contributed by atoms with Gasteiger partial charge in [-0.05, 0) is 17.7 Å². The van der Waals surface area contributed by atoms with Crippen LogP contribution >= 0.6 is 0 Å². The van der Waals surface area contributed by atoms with E-state index in [0.717, 1.165) is 0 Å². The number of hydrogen-bond donors (Lipinski definition) is 0. The maximum atomic E-state index is 13.1. The van der Waals surface area contributed by atoms with Crippen LogP contribution in [0.2, 0.25) is 0 Å². The third kappa shape index (κ3) is 1.96. The van der Waals surface area contributed by atoms with Gasteiger partial charge >= 0.3 is 6.18 Å². The molecule has 1 aromatic rings. The van der Waals surface area contributed by atoms with Crippen molar-refractivity contribution >= 4 is 0 Å². The highest BCUT2D eigenvalue weighted by atomic mass is 19.4. The molecule has 0 aromatic heterocycles. The molecule has 1 saturated carbocycles. The number of benzene rings is 1. The molecule has 0 aliphatic heterocycles. The Kier molecular flexibility index (Phi) is 2.56. The third-order valence-corrected chi connectivity index (χ3v) is 2.88. The summed E-state index contributed by atoms with van der Waals surface area (Å²) in [5.41, 5.74) is -0.0156. The van der Waals surface area contributed by atoms with Gasteiger partial charge < -0.3 is 4.74 Å². The Hall–Kier alpha value is -1.33. The summed E-state index contributed by atoms with van der Waals surface area (Å²) >= 11 is 0. The topological polar surface area (TPSA) is 9.23 Å². The molecule has 94 valence electrons. The zero-order valence-electron chi connectivity index (χ0n) is 8.76. The monoisotopic (exact) mass is 252 g/mol. The Bertz CT molecular complexity index is 409. The molecule has 0 saturated heterocycles. The van der Waals surface area contributed by atoms with Gasteiger partial charge in [0, 0.05) is 0 Å². The summed E-state index contributed by atoms with van der Waals surface area (Å²) in [5.74, 6) is -7.62. The summed E-state index contributed by atoms with van der Waals surface area (Å²) in [7, 11) is 1.39. The average molecular weight is 252 g/mol. The first-order chi connectivity index (χ1) is 7.78.